The largest absolute Gasteiger partial charge is 0.396 e. The van der Waals surface area contributed by atoms with Crippen molar-refractivity contribution < 1.29 is 9.90 Å². The van der Waals surface area contributed by atoms with Crippen LogP contribution in [0.2, 0.25) is 0 Å². The van der Waals surface area contributed by atoms with Gasteiger partial charge in [0.05, 0.1) is 0 Å². The first-order valence-corrected chi connectivity index (χ1v) is 4.20. The van der Waals surface area contributed by atoms with Crippen LogP contribution in [-0.4, -0.2) is 35.6 Å². The van der Waals surface area contributed by atoms with Crippen molar-refractivity contribution in [2.75, 3.05) is 13.2 Å². The van der Waals surface area contributed by atoms with Gasteiger partial charge in [-0.3, -0.25) is 4.79 Å². The monoisotopic (exact) mass is 157 g/mol. The van der Waals surface area contributed by atoms with Crippen LogP contribution < -0.4 is 0 Å². The van der Waals surface area contributed by atoms with Crippen molar-refractivity contribution in [1.29, 1.82) is 0 Å². The van der Waals surface area contributed by atoms with Gasteiger partial charge in [-0.05, 0) is 25.7 Å². The fourth-order valence-electron chi connectivity index (χ4n) is 1.62. The van der Waals surface area contributed by atoms with Gasteiger partial charge < -0.3 is 10.0 Å². The highest BCUT2D eigenvalue weighted by Gasteiger charge is 2.19. The van der Waals surface area contributed by atoms with Gasteiger partial charge in [0, 0.05) is 19.2 Å². The standard InChI is InChI=1S/C8H15NO2/c10-6-4-8-3-1-2-5-9(8)7-11/h7-8,10H,1-6H2. The second-order valence-corrected chi connectivity index (χ2v) is 3.01. The van der Waals surface area contributed by atoms with Gasteiger partial charge in [0.15, 0.2) is 0 Å². The van der Waals surface area contributed by atoms with Gasteiger partial charge in [-0.1, -0.05) is 0 Å². The number of aliphatic hydroxyl groups is 1. The van der Waals surface area contributed by atoms with Crippen molar-refractivity contribution in [2.45, 2.75) is 31.7 Å². The van der Waals surface area contributed by atoms with Crippen LogP contribution in [0.3, 0.4) is 0 Å². The molecule has 1 N–H and O–H groups in total. The maximum Gasteiger partial charge on any atom is 0.209 e. The van der Waals surface area contributed by atoms with Crippen LogP contribution in [0.1, 0.15) is 25.7 Å². The van der Waals surface area contributed by atoms with Crippen molar-refractivity contribution >= 4 is 6.41 Å². The smallest absolute Gasteiger partial charge is 0.209 e. The third-order valence-electron chi connectivity index (χ3n) is 2.27. The Kier molecular flexibility index (Phi) is 3.36. The minimum Gasteiger partial charge on any atom is -0.396 e. The minimum atomic E-state index is 0.189. The van der Waals surface area contributed by atoms with Crippen LogP contribution in [0, 0.1) is 0 Å². The van der Waals surface area contributed by atoms with Crippen molar-refractivity contribution in [3.05, 3.63) is 0 Å². The van der Waals surface area contributed by atoms with Crippen LogP contribution in [0.4, 0.5) is 0 Å². The van der Waals surface area contributed by atoms with Crippen molar-refractivity contribution in [2.24, 2.45) is 0 Å². The molecule has 1 amide bonds. The van der Waals surface area contributed by atoms with Gasteiger partial charge in [0.1, 0.15) is 0 Å². The van der Waals surface area contributed by atoms with E-state index < -0.39 is 0 Å². The summed E-state index contributed by atoms with van der Waals surface area (Å²) in [5.41, 5.74) is 0. The number of rotatable bonds is 3. The molecule has 1 atom stereocenters. The molecule has 11 heavy (non-hydrogen) atoms. The normalized spacial score (nSPS) is 25.2. The number of piperidine rings is 1. The van der Waals surface area contributed by atoms with Gasteiger partial charge in [-0.2, -0.15) is 0 Å². The summed E-state index contributed by atoms with van der Waals surface area (Å²) in [4.78, 5) is 12.3. The Morgan fingerprint density at radius 1 is 1.55 bits per heavy atom. The Hall–Kier alpha value is -0.570. The first kappa shape index (κ1) is 8.53. The van der Waals surface area contributed by atoms with Gasteiger partial charge in [-0.25, -0.2) is 0 Å². The summed E-state index contributed by atoms with van der Waals surface area (Å²) in [5, 5.41) is 8.69. The Bertz CT molecular complexity index is 125. The lowest BCUT2D eigenvalue weighted by Gasteiger charge is -2.32. The predicted octanol–water partition coefficient (Wildman–Crippen LogP) is 0.380. The lowest BCUT2D eigenvalue weighted by molar-refractivity contribution is -0.121. The van der Waals surface area contributed by atoms with E-state index in [1.807, 2.05) is 0 Å². The van der Waals surface area contributed by atoms with Gasteiger partial charge in [0.2, 0.25) is 6.41 Å². The second-order valence-electron chi connectivity index (χ2n) is 3.01. The first-order valence-electron chi connectivity index (χ1n) is 4.20. The molecule has 0 aromatic carbocycles. The molecule has 0 aromatic rings. The summed E-state index contributed by atoms with van der Waals surface area (Å²) in [6.07, 6.45) is 4.99. The highest BCUT2D eigenvalue weighted by Crippen LogP contribution is 2.17. The van der Waals surface area contributed by atoms with E-state index in [-0.39, 0.29) is 6.61 Å². The molecular weight excluding hydrogens is 142 g/mol. The number of carbonyl (C=O) groups is 1. The van der Waals surface area contributed by atoms with Gasteiger partial charge in [0.25, 0.3) is 0 Å². The van der Waals surface area contributed by atoms with E-state index in [9.17, 15) is 4.79 Å². The highest BCUT2D eigenvalue weighted by atomic mass is 16.3. The molecule has 64 valence electrons. The lowest BCUT2D eigenvalue weighted by atomic mass is 10.0. The van der Waals surface area contributed by atoms with Crippen LogP contribution in [0.25, 0.3) is 0 Å². The topological polar surface area (TPSA) is 40.5 Å². The summed E-state index contributed by atoms with van der Waals surface area (Å²) in [6.45, 7) is 1.06. The fourth-order valence-corrected chi connectivity index (χ4v) is 1.62. The van der Waals surface area contributed by atoms with Crippen molar-refractivity contribution in [3.63, 3.8) is 0 Å². The maximum atomic E-state index is 10.5. The molecule has 0 bridgehead atoms. The zero-order valence-corrected chi connectivity index (χ0v) is 6.70. The van der Waals surface area contributed by atoms with E-state index >= 15 is 0 Å². The average Bonchev–Trinajstić information content (AvgIpc) is 2.06. The summed E-state index contributed by atoms with van der Waals surface area (Å²) in [7, 11) is 0. The minimum absolute atomic E-state index is 0.189. The molecule has 3 heteroatoms. The van der Waals surface area contributed by atoms with Crippen LogP contribution in [-0.2, 0) is 4.79 Å². The molecule has 1 aliphatic rings. The number of carbonyl (C=O) groups excluding carboxylic acids is 1. The first-order chi connectivity index (χ1) is 5.38. The Balaban J connectivity index is 2.37. The van der Waals surface area contributed by atoms with E-state index in [2.05, 4.69) is 0 Å². The lowest BCUT2D eigenvalue weighted by Crippen LogP contribution is -2.38. The Labute approximate surface area is 67.0 Å². The number of nitrogens with zero attached hydrogens (tertiary/aromatic N) is 1. The van der Waals surface area contributed by atoms with Crippen LogP contribution in [0.5, 0.6) is 0 Å². The third kappa shape index (κ3) is 2.19. The molecule has 3 nitrogen and oxygen atoms in total. The molecule has 0 saturated carbocycles. The molecule has 0 spiro atoms. The number of likely N-dealkylation sites (tertiary alicyclic amines) is 1. The molecule has 1 fully saturated rings. The van der Waals surface area contributed by atoms with E-state index in [4.69, 9.17) is 5.11 Å². The molecule has 1 unspecified atom stereocenters. The van der Waals surface area contributed by atoms with Crippen molar-refractivity contribution in [3.8, 4) is 0 Å². The summed E-state index contributed by atoms with van der Waals surface area (Å²) < 4.78 is 0. The zero-order chi connectivity index (χ0) is 8.10. The SMILES string of the molecule is O=CN1CCCCC1CCO. The van der Waals surface area contributed by atoms with Crippen LogP contribution >= 0.6 is 0 Å². The van der Waals surface area contributed by atoms with Gasteiger partial charge in [-0.15, -0.1) is 0 Å². The number of aliphatic hydroxyl groups excluding tert-OH is 1. The predicted molar refractivity (Wildman–Crippen MR) is 42.1 cm³/mol. The maximum absolute atomic E-state index is 10.5. The highest BCUT2D eigenvalue weighted by molar-refractivity contribution is 5.47. The molecule has 0 radical (unpaired) electrons. The Morgan fingerprint density at radius 3 is 3.00 bits per heavy atom. The van der Waals surface area contributed by atoms with E-state index in [0.29, 0.717) is 6.04 Å². The third-order valence-corrected chi connectivity index (χ3v) is 2.27. The zero-order valence-electron chi connectivity index (χ0n) is 6.70. The Morgan fingerprint density at radius 2 is 2.36 bits per heavy atom. The second kappa shape index (κ2) is 4.34. The molecule has 1 saturated heterocycles. The molecule has 1 heterocycles. The number of hydrogen-bond donors (Lipinski definition) is 1. The number of amides is 1. The van der Waals surface area contributed by atoms with E-state index in [1.165, 1.54) is 6.42 Å². The van der Waals surface area contributed by atoms with Crippen LogP contribution in [0.15, 0.2) is 0 Å². The summed E-state index contributed by atoms with van der Waals surface area (Å²) in [5.74, 6) is 0. The van der Waals surface area contributed by atoms with Gasteiger partial charge >= 0.3 is 0 Å². The molecule has 1 aliphatic heterocycles. The summed E-state index contributed by atoms with van der Waals surface area (Å²) >= 11 is 0. The molecule has 0 aliphatic carbocycles. The molecule has 1 rings (SSSR count). The fraction of sp³-hybridized carbons (Fsp3) is 0.875. The van der Waals surface area contributed by atoms with Crippen molar-refractivity contribution in [1.82, 2.24) is 4.90 Å². The number of hydrogen-bond acceptors (Lipinski definition) is 2. The molecular formula is C8H15NO2. The van der Waals surface area contributed by atoms with E-state index in [0.717, 1.165) is 32.2 Å². The quantitative estimate of drug-likeness (QED) is 0.602. The average molecular weight is 157 g/mol. The van der Waals surface area contributed by atoms with E-state index in [1.54, 1.807) is 4.90 Å². The summed E-state index contributed by atoms with van der Waals surface area (Å²) in [6, 6.07) is 0.297. The molecule has 0 aromatic heterocycles.